The molecule has 5 rings (SSSR count). The van der Waals surface area contributed by atoms with Gasteiger partial charge in [0.2, 0.25) is 5.91 Å². The maximum absolute atomic E-state index is 12.2. The van der Waals surface area contributed by atoms with E-state index in [-0.39, 0.29) is 37.6 Å². The van der Waals surface area contributed by atoms with Gasteiger partial charge in [0.15, 0.2) is 12.5 Å². The summed E-state index contributed by atoms with van der Waals surface area (Å²) in [6.45, 7) is 0.303. The van der Waals surface area contributed by atoms with Gasteiger partial charge in [0.25, 0.3) is 5.03 Å². The topological polar surface area (TPSA) is 132 Å². The Labute approximate surface area is 266 Å². The van der Waals surface area contributed by atoms with Crippen LogP contribution < -0.4 is 10.0 Å². The fourth-order valence-electron chi connectivity index (χ4n) is 5.18. The Morgan fingerprint density at radius 1 is 0.911 bits per heavy atom. The Hall–Kier alpha value is -4.22. The average molecular weight is 629 g/mol. The Kier molecular flexibility index (Phi) is 11.2. The molecule has 10 heteroatoms. The first-order chi connectivity index (χ1) is 21.9. The number of aliphatic hydroxyl groups excluding tert-OH is 1. The Balaban J connectivity index is 1.30. The van der Waals surface area contributed by atoms with Crippen molar-refractivity contribution in [2.75, 3.05) is 5.75 Å². The molecule has 1 fully saturated rings. The van der Waals surface area contributed by atoms with Crippen LogP contribution in [0, 0.1) is 5.21 Å². The van der Waals surface area contributed by atoms with Crippen molar-refractivity contribution in [1.29, 1.82) is 0 Å². The highest BCUT2D eigenvalue weighted by atomic mass is 32.2. The fraction of sp³-hybridized carbons (Fsp3) is 0.286. The highest BCUT2D eigenvalue weighted by molar-refractivity contribution is 7.99. The van der Waals surface area contributed by atoms with Crippen LogP contribution in [0.25, 0.3) is 11.1 Å². The van der Waals surface area contributed by atoms with Gasteiger partial charge in [0.05, 0.1) is 18.8 Å². The average Bonchev–Trinajstić information content (AvgIpc) is 3.07. The largest absolute Gasteiger partial charge is 0.618 e. The molecule has 1 amide bonds. The number of ether oxygens (including phenoxy) is 2. The Bertz CT molecular complexity index is 1580. The summed E-state index contributed by atoms with van der Waals surface area (Å²) in [7, 11) is 0. The number of pyridine rings is 1. The molecule has 0 bridgehead atoms. The molecule has 3 aromatic carbocycles. The summed E-state index contributed by atoms with van der Waals surface area (Å²) in [5.41, 5.74) is 5.56. The first kappa shape index (κ1) is 32.2. The van der Waals surface area contributed by atoms with Crippen LogP contribution in [0.3, 0.4) is 0 Å². The van der Waals surface area contributed by atoms with Crippen molar-refractivity contribution in [3.05, 3.63) is 125 Å². The van der Waals surface area contributed by atoms with Gasteiger partial charge in [0.1, 0.15) is 0 Å². The second kappa shape index (κ2) is 15.7. The first-order valence-electron chi connectivity index (χ1n) is 14.9. The predicted molar refractivity (Wildman–Crippen MR) is 170 cm³/mol. The number of nitrogens with zero attached hydrogens (tertiary/aromatic N) is 1. The highest BCUT2D eigenvalue weighted by Gasteiger charge is 2.32. The SMILES string of the molecule is O=C(O)CCCC(=O)NCc1ccccc1-c1ccc(C2OC(CSc3cccc[n+]3[O-])CC(c3ccc(CO)cc3)O2)cc1. The number of carboxylic acids is 1. The maximum atomic E-state index is 12.2. The van der Waals surface area contributed by atoms with Gasteiger partial charge in [-0.1, -0.05) is 84.6 Å². The number of rotatable bonds is 13. The minimum absolute atomic E-state index is 0.0300. The Morgan fingerprint density at radius 3 is 2.38 bits per heavy atom. The summed E-state index contributed by atoms with van der Waals surface area (Å²) in [6.07, 6.45) is 1.48. The number of aromatic nitrogens is 1. The number of aliphatic carboxylic acids is 1. The van der Waals surface area contributed by atoms with Gasteiger partial charge in [-0.05, 0) is 40.3 Å². The molecule has 0 saturated carbocycles. The fourth-order valence-corrected chi connectivity index (χ4v) is 6.12. The van der Waals surface area contributed by atoms with Gasteiger partial charge in [-0.25, -0.2) is 0 Å². The van der Waals surface area contributed by atoms with Crippen LogP contribution >= 0.6 is 11.8 Å². The number of thioether (sulfide) groups is 1. The van der Waals surface area contributed by atoms with Crippen molar-refractivity contribution in [2.24, 2.45) is 0 Å². The molecular weight excluding hydrogens is 592 g/mol. The summed E-state index contributed by atoms with van der Waals surface area (Å²) >= 11 is 1.45. The van der Waals surface area contributed by atoms with Gasteiger partial charge >= 0.3 is 5.97 Å². The van der Waals surface area contributed by atoms with Crippen molar-refractivity contribution in [1.82, 2.24) is 5.32 Å². The van der Waals surface area contributed by atoms with E-state index in [1.165, 1.54) is 18.0 Å². The zero-order valence-electron chi connectivity index (χ0n) is 24.7. The summed E-state index contributed by atoms with van der Waals surface area (Å²) < 4.78 is 13.8. The van der Waals surface area contributed by atoms with Gasteiger partial charge in [0, 0.05) is 49.3 Å². The standard InChI is InChI=1S/C35H36N2O7S/c38-22-24-11-13-26(14-12-24)31-20-29(23-45-33-9-3-4-19-37(33)42)43-35(44-31)27-17-15-25(16-18-27)30-7-2-1-6-28(30)21-36-32(39)8-5-10-34(40)41/h1-4,6-7,9,11-19,29,31,35,38H,5,8,10,20-23H2,(H,36,39)(H,40,41). The number of amides is 1. The van der Waals surface area contributed by atoms with Gasteiger partial charge < -0.3 is 30.2 Å². The van der Waals surface area contributed by atoms with Crippen LogP contribution in [-0.2, 0) is 32.2 Å². The minimum atomic E-state index is -0.911. The number of nitrogens with one attached hydrogen (secondary N) is 1. The Morgan fingerprint density at radius 2 is 1.64 bits per heavy atom. The molecule has 3 atom stereocenters. The van der Waals surface area contributed by atoms with Crippen LogP contribution in [0.1, 0.15) is 60.3 Å². The number of carbonyl (C=O) groups excluding carboxylic acids is 1. The van der Waals surface area contributed by atoms with Crippen molar-refractivity contribution in [3.63, 3.8) is 0 Å². The van der Waals surface area contributed by atoms with Gasteiger partial charge in [-0.3, -0.25) is 9.59 Å². The quantitative estimate of drug-likeness (QED) is 0.0978. The van der Waals surface area contributed by atoms with E-state index in [2.05, 4.69) is 5.32 Å². The van der Waals surface area contributed by atoms with Crippen LogP contribution in [0.5, 0.6) is 0 Å². The normalized spacial score (nSPS) is 17.9. The van der Waals surface area contributed by atoms with Crippen LogP contribution in [-0.4, -0.2) is 33.9 Å². The molecule has 9 nitrogen and oxygen atoms in total. The number of carbonyl (C=O) groups is 2. The van der Waals surface area contributed by atoms with Crippen molar-refractivity contribution in [2.45, 2.75) is 62.4 Å². The monoisotopic (exact) mass is 628 g/mol. The molecule has 3 unspecified atom stereocenters. The van der Waals surface area contributed by atoms with E-state index < -0.39 is 12.3 Å². The molecule has 234 valence electrons. The lowest BCUT2D eigenvalue weighted by Crippen LogP contribution is -2.32. The minimum Gasteiger partial charge on any atom is -0.618 e. The molecule has 1 aliphatic rings. The number of benzene rings is 3. The summed E-state index contributed by atoms with van der Waals surface area (Å²) in [5, 5.41) is 34.0. The molecule has 1 saturated heterocycles. The smallest absolute Gasteiger partial charge is 0.303 e. The van der Waals surface area contributed by atoms with Crippen LogP contribution in [0.15, 0.2) is 102 Å². The molecule has 0 radical (unpaired) electrons. The zero-order chi connectivity index (χ0) is 31.6. The van der Waals surface area contributed by atoms with E-state index >= 15 is 0 Å². The van der Waals surface area contributed by atoms with Crippen molar-refractivity contribution >= 4 is 23.6 Å². The lowest BCUT2D eigenvalue weighted by molar-refractivity contribution is -0.645. The highest BCUT2D eigenvalue weighted by Crippen LogP contribution is 2.39. The molecule has 1 aromatic heterocycles. The van der Waals surface area contributed by atoms with E-state index in [0.29, 0.717) is 30.2 Å². The first-order valence-corrected chi connectivity index (χ1v) is 15.9. The third kappa shape index (κ3) is 8.92. The van der Waals surface area contributed by atoms with E-state index in [4.69, 9.17) is 14.6 Å². The number of hydrogen-bond acceptors (Lipinski definition) is 7. The maximum Gasteiger partial charge on any atom is 0.303 e. The molecule has 2 heterocycles. The summed E-state index contributed by atoms with van der Waals surface area (Å²) in [6, 6.07) is 28.8. The second-order valence-electron chi connectivity index (χ2n) is 10.8. The molecule has 0 spiro atoms. The molecule has 1 aliphatic heterocycles. The number of carboxylic acid groups (broad SMARTS) is 1. The predicted octanol–water partition coefficient (Wildman–Crippen LogP) is 5.69. The second-order valence-corrected chi connectivity index (χ2v) is 11.9. The van der Waals surface area contributed by atoms with Crippen LogP contribution in [0.2, 0.25) is 0 Å². The molecule has 3 N–H and O–H groups in total. The zero-order valence-corrected chi connectivity index (χ0v) is 25.5. The number of aliphatic hydroxyl groups is 1. The third-order valence-corrected chi connectivity index (χ3v) is 8.75. The van der Waals surface area contributed by atoms with Gasteiger partial charge in [-0.15, -0.1) is 0 Å². The molecule has 0 aliphatic carbocycles. The lowest BCUT2D eigenvalue weighted by Gasteiger charge is -2.36. The van der Waals surface area contributed by atoms with Crippen molar-refractivity contribution in [3.8, 4) is 11.1 Å². The van der Waals surface area contributed by atoms with Crippen LogP contribution in [0.4, 0.5) is 0 Å². The van der Waals surface area contributed by atoms with E-state index in [0.717, 1.165) is 38.1 Å². The molecule has 45 heavy (non-hydrogen) atoms. The summed E-state index contributed by atoms with van der Waals surface area (Å²) in [4.78, 5) is 23.0. The van der Waals surface area contributed by atoms with E-state index in [9.17, 15) is 19.9 Å². The van der Waals surface area contributed by atoms with E-state index in [1.54, 1.807) is 12.1 Å². The van der Waals surface area contributed by atoms with E-state index in [1.807, 2.05) is 78.9 Å². The molecule has 4 aromatic rings. The lowest BCUT2D eigenvalue weighted by atomic mass is 9.97. The number of hydrogen-bond donors (Lipinski definition) is 3. The third-order valence-electron chi connectivity index (χ3n) is 7.60. The van der Waals surface area contributed by atoms with Crippen molar-refractivity contribution < 1.29 is 34.0 Å². The summed E-state index contributed by atoms with van der Waals surface area (Å²) in [5.74, 6) is -0.518. The van der Waals surface area contributed by atoms with Gasteiger partial charge in [-0.2, -0.15) is 4.73 Å². The molecular formula is C35H36N2O7S.